The average molecular weight is 428 g/mol. The summed E-state index contributed by atoms with van der Waals surface area (Å²) in [5.74, 6) is 2.20. The molecule has 2 aromatic rings. The minimum atomic E-state index is -0.428. The lowest BCUT2D eigenvalue weighted by molar-refractivity contribution is 0.305. The molecule has 2 aliphatic rings. The van der Waals surface area contributed by atoms with Crippen LogP contribution in [0.5, 0.6) is 11.5 Å². The van der Waals surface area contributed by atoms with Crippen molar-refractivity contribution >= 4 is 33.5 Å². The maximum atomic E-state index is 6.26. The molecular weight excluding hydrogens is 406 g/mol. The number of anilines is 1. The number of hydrogen-bond acceptors (Lipinski definition) is 6. The van der Waals surface area contributed by atoms with E-state index in [1.165, 1.54) is 6.42 Å². The maximum absolute atomic E-state index is 6.26. The lowest BCUT2D eigenvalue weighted by Crippen LogP contribution is -2.58. The largest absolute Gasteiger partial charge is 0.457 e. The summed E-state index contributed by atoms with van der Waals surface area (Å²) < 4.78 is 6.92. The van der Waals surface area contributed by atoms with Crippen LogP contribution >= 0.6 is 15.9 Å². The first-order chi connectivity index (χ1) is 13.1. The summed E-state index contributed by atoms with van der Waals surface area (Å²) >= 11 is 3.43. The normalized spacial score (nSPS) is 18.8. The number of ether oxygens (including phenoxy) is 1. The number of aliphatic imine (C=N–C) groups is 2. The van der Waals surface area contributed by atoms with Gasteiger partial charge >= 0.3 is 0 Å². The van der Waals surface area contributed by atoms with Crippen LogP contribution in [-0.2, 0) is 0 Å². The Bertz CT molecular complexity index is 870. The number of rotatable bonds is 3. The highest BCUT2D eigenvalue weighted by Crippen LogP contribution is 2.40. The van der Waals surface area contributed by atoms with Gasteiger partial charge in [0.2, 0.25) is 11.9 Å². The van der Waals surface area contributed by atoms with Gasteiger partial charge in [-0.15, -0.1) is 0 Å². The smallest absolute Gasteiger partial charge is 0.220 e. The van der Waals surface area contributed by atoms with Gasteiger partial charge in [0.1, 0.15) is 17.2 Å². The number of hydrogen-bond donors (Lipinski definition) is 2. The molecule has 4 rings (SSSR count). The summed E-state index contributed by atoms with van der Waals surface area (Å²) in [5, 5.41) is 0. The Hall–Kier alpha value is -2.54. The highest BCUT2D eigenvalue weighted by molar-refractivity contribution is 9.10. The van der Waals surface area contributed by atoms with Crippen LogP contribution < -0.4 is 21.1 Å². The van der Waals surface area contributed by atoms with Crippen LogP contribution in [0.4, 0.5) is 5.69 Å². The van der Waals surface area contributed by atoms with Gasteiger partial charge in [-0.3, -0.25) is 4.90 Å². The fourth-order valence-electron chi connectivity index (χ4n) is 3.80. The molecule has 1 spiro atoms. The van der Waals surface area contributed by atoms with Gasteiger partial charge in [-0.2, -0.15) is 4.99 Å². The van der Waals surface area contributed by atoms with Crippen molar-refractivity contribution in [3.63, 3.8) is 0 Å². The highest BCUT2D eigenvalue weighted by atomic mass is 79.9. The Balaban J connectivity index is 1.60. The van der Waals surface area contributed by atoms with Crippen molar-refractivity contribution in [2.45, 2.75) is 37.8 Å². The third kappa shape index (κ3) is 3.64. The second kappa shape index (κ2) is 7.23. The summed E-state index contributed by atoms with van der Waals surface area (Å²) in [5.41, 5.74) is 12.7. The van der Waals surface area contributed by atoms with Crippen LogP contribution in [0, 0.1) is 0 Å². The number of halogens is 1. The molecule has 0 aromatic heterocycles. The van der Waals surface area contributed by atoms with Gasteiger partial charge in [0.15, 0.2) is 0 Å². The fourth-order valence-corrected chi connectivity index (χ4v) is 4.06. The summed E-state index contributed by atoms with van der Waals surface area (Å²) in [6.45, 7) is 0. The predicted octanol–water partition coefficient (Wildman–Crippen LogP) is 4.35. The molecule has 7 heteroatoms. The zero-order chi connectivity index (χ0) is 18.9. The van der Waals surface area contributed by atoms with E-state index in [1.807, 2.05) is 53.4 Å². The molecule has 0 unspecified atom stereocenters. The molecule has 1 heterocycles. The van der Waals surface area contributed by atoms with E-state index in [-0.39, 0.29) is 5.96 Å². The topological polar surface area (TPSA) is 89.2 Å². The second-order valence-corrected chi connectivity index (χ2v) is 7.78. The minimum absolute atomic E-state index is 0.265. The van der Waals surface area contributed by atoms with Crippen LogP contribution in [0.25, 0.3) is 0 Å². The summed E-state index contributed by atoms with van der Waals surface area (Å²) in [7, 11) is 0. The first-order valence-electron chi connectivity index (χ1n) is 9.09. The van der Waals surface area contributed by atoms with Crippen LogP contribution in [0.2, 0.25) is 0 Å². The Morgan fingerprint density at radius 2 is 1.48 bits per heavy atom. The summed E-state index contributed by atoms with van der Waals surface area (Å²) in [4.78, 5) is 10.9. The van der Waals surface area contributed by atoms with Gasteiger partial charge in [-0.05, 0) is 74.2 Å². The molecule has 2 aromatic carbocycles. The molecule has 0 bridgehead atoms. The van der Waals surface area contributed by atoms with Crippen LogP contribution in [0.15, 0.2) is 63.0 Å². The molecule has 140 valence electrons. The van der Waals surface area contributed by atoms with E-state index >= 15 is 0 Å². The molecule has 4 N–H and O–H groups in total. The Kier molecular flexibility index (Phi) is 4.78. The summed E-state index contributed by atoms with van der Waals surface area (Å²) in [6, 6.07) is 15.6. The molecule has 1 saturated carbocycles. The predicted molar refractivity (Wildman–Crippen MR) is 112 cm³/mol. The lowest BCUT2D eigenvalue weighted by atomic mass is 9.87. The molecule has 0 atom stereocenters. The molecule has 6 nitrogen and oxygen atoms in total. The standard InChI is InChI=1S/C20H22BrN5O/c21-14-4-8-16(9-5-14)27-17-10-6-15(7-11-17)26-19(23)24-18(22)25-20(26)12-2-1-3-13-20/h4-11H,1-3,12-13H2,(H4,22,23,24,25). The molecule has 1 aliphatic heterocycles. The van der Waals surface area contributed by atoms with Gasteiger partial charge in [0.25, 0.3) is 0 Å². The lowest BCUT2D eigenvalue weighted by Gasteiger charge is -2.45. The molecule has 1 fully saturated rings. The third-order valence-corrected chi connectivity index (χ3v) is 5.52. The number of nitrogens with zero attached hydrogens (tertiary/aromatic N) is 3. The Morgan fingerprint density at radius 3 is 2.11 bits per heavy atom. The fraction of sp³-hybridized carbons (Fsp3) is 0.300. The van der Waals surface area contributed by atoms with Crippen molar-refractivity contribution in [3.05, 3.63) is 53.0 Å². The number of nitrogens with two attached hydrogens (primary N) is 2. The van der Waals surface area contributed by atoms with E-state index in [0.29, 0.717) is 5.96 Å². The van der Waals surface area contributed by atoms with E-state index in [9.17, 15) is 0 Å². The van der Waals surface area contributed by atoms with Crippen LogP contribution in [0.3, 0.4) is 0 Å². The quantitative estimate of drug-likeness (QED) is 0.761. The third-order valence-electron chi connectivity index (χ3n) is 5.00. The first-order valence-corrected chi connectivity index (χ1v) is 9.88. The van der Waals surface area contributed by atoms with E-state index in [0.717, 1.165) is 47.3 Å². The van der Waals surface area contributed by atoms with Crippen molar-refractivity contribution in [2.24, 2.45) is 21.5 Å². The Labute approximate surface area is 167 Å². The van der Waals surface area contributed by atoms with Crippen molar-refractivity contribution in [1.29, 1.82) is 0 Å². The molecule has 0 saturated heterocycles. The van der Waals surface area contributed by atoms with Crippen LogP contribution in [0.1, 0.15) is 32.1 Å². The van der Waals surface area contributed by atoms with Crippen LogP contribution in [-0.4, -0.2) is 17.6 Å². The molecule has 0 radical (unpaired) electrons. The molecule has 1 aliphatic carbocycles. The van der Waals surface area contributed by atoms with Gasteiger partial charge in [0, 0.05) is 10.2 Å². The molecular formula is C20H22BrN5O. The van der Waals surface area contributed by atoms with E-state index in [4.69, 9.17) is 21.2 Å². The highest BCUT2D eigenvalue weighted by Gasteiger charge is 2.42. The monoisotopic (exact) mass is 427 g/mol. The van der Waals surface area contributed by atoms with Crippen molar-refractivity contribution in [1.82, 2.24) is 0 Å². The first kappa shape index (κ1) is 17.9. The SMILES string of the molecule is NC1=NC2(CCCCC2)N(c2ccc(Oc3ccc(Br)cc3)cc2)C(N)=N1. The summed E-state index contributed by atoms with van der Waals surface area (Å²) in [6.07, 6.45) is 5.25. The van der Waals surface area contributed by atoms with Gasteiger partial charge in [-0.25, -0.2) is 4.99 Å². The van der Waals surface area contributed by atoms with E-state index in [2.05, 4.69) is 20.9 Å². The zero-order valence-electron chi connectivity index (χ0n) is 14.9. The number of guanidine groups is 2. The van der Waals surface area contributed by atoms with Gasteiger partial charge < -0.3 is 16.2 Å². The van der Waals surface area contributed by atoms with Crippen molar-refractivity contribution in [3.8, 4) is 11.5 Å². The second-order valence-electron chi connectivity index (χ2n) is 6.87. The van der Waals surface area contributed by atoms with Gasteiger partial charge in [0.05, 0.1) is 0 Å². The van der Waals surface area contributed by atoms with Gasteiger partial charge in [-0.1, -0.05) is 22.4 Å². The Morgan fingerprint density at radius 1 is 0.889 bits per heavy atom. The van der Waals surface area contributed by atoms with E-state index in [1.54, 1.807) is 0 Å². The minimum Gasteiger partial charge on any atom is -0.457 e. The zero-order valence-corrected chi connectivity index (χ0v) is 16.5. The maximum Gasteiger partial charge on any atom is 0.220 e. The molecule has 0 amide bonds. The van der Waals surface area contributed by atoms with Crippen molar-refractivity contribution in [2.75, 3.05) is 4.90 Å². The van der Waals surface area contributed by atoms with Crippen molar-refractivity contribution < 1.29 is 4.74 Å². The molecule has 27 heavy (non-hydrogen) atoms. The van der Waals surface area contributed by atoms with E-state index < -0.39 is 5.66 Å². The average Bonchev–Trinajstić information content (AvgIpc) is 2.65. The number of benzene rings is 2.